The van der Waals surface area contributed by atoms with Crippen molar-refractivity contribution >= 4 is 0 Å². The predicted molar refractivity (Wildman–Crippen MR) is 226 cm³/mol. The Kier molecular flexibility index (Phi) is 13.9. The lowest BCUT2D eigenvalue weighted by atomic mass is 9.84. The Morgan fingerprint density at radius 2 is 0.982 bits per heavy atom. The Morgan fingerprint density at radius 3 is 1.47 bits per heavy atom. The summed E-state index contributed by atoms with van der Waals surface area (Å²) in [7, 11) is 0. The minimum absolute atomic E-state index is 0.0684. The van der Waals surface area contributed by atoms with E-state index < -0.39 is 6.10 Å². The highest BCUT2D eigenvalue weighted by molar-refractivity contribution is 5.58. The molecule has 0 bridgehead atoms. The third-order valence-corrected chi connectivity index (χ3v) is 11.4. The van der Waals surface area contributed by atoms with Gasteiger partial charge in [0.15, 0.2) is 0 Å². The fourth-order valence-corrected chi connectivity index (χ4v) is 8.04. The van der Waals surface area contributed by atoms with E-state index in [1.165, 1.54) is 33.4 Å². The van der Waals surface area contributed by atoms with Gasteiger partial charge in [-0.25, -0.2) is 0 Å². The highest BCUT2D eigenvalue weighted by atomic mass is 16.6. The zero-order valence-corrected chi connectivity index (χ0v) is 35.9. The molecule has 8 heteroatoms. The van der Waals surface area contributed by atoms with Crippen molar-refractivity contribution in [3.8, 4) is 23.0 Å². The SMILES string of the molecule is CCC(O)COc1c(C)cc(Cc2c(Cc3cc(C)c(OCC(C)CO)c(C)c3)cc(C)c(OCC3CO3)c2C)c(Cc2cc(C)c(OCC3CO3)c(C)c2)c1C. The fraction of sp³-hybridized carbons (Fsp3) is 0.510. The van der Waals surface area contributed by atoms with Crippen molar-refractivity contribution in [2.75, 3.05) is 46.2 Å². The van der Waals surface area contributed by atoms with Crippen LogP contribution in [0.2, 0.25) is 0 Å². The van der Waals surface area contributed by atoms with Gasteiger partial charge in [0, 0.05) is 12.5 Å². The molecule has 4 aromatic carbocycles. The van der Waals surface area contributed by atoms with Crippen molar-refractivity contribution in [2.45, 2.75) is 113 Å². The Morgan fingerprint density at radius 1 is 0.579 bits per heavy atom. The monoisotopic (exact) mass is 780 g/mol. The van der Waals surface area contributed by atoms with Crippen LogP contribution in [0.15, 0.2) is 36.4 Å². The summed E-state index contributed by atoms with van der Waals surface area (Å²) in [5.41, 5.74) is 16.3. The molecule has 2 aliphatic rings. The molecule has 0 aliphatic carbocycles. The van der Waals surface area contributed by atoms with Crippen molar-refractivity contribution in [1.82, 2.24) is 0 Å². The van der Waals surface area contributed by atoms with Gasteiger partial charge in [-0.1, -0.05) is 50.2 Å². The van der Waals surface area contributed by atoms with Gasteiger partial charge in [0.25, 0.3) is 0 Å². The maximum absolute atomic E-state index is 10.5. The standard InChI is InChI=1S/C49H64O8/c1-11-41(51)23-55-48-34(8)17-40(44(35(48)9)19-38-14-31(5)47(32(6)15-38)56-26-42-24-52-42)20-45-36(10)49(57-27-43-25-53-43)33(7)16-39(45)18-37-12-29(3)46(30(4)13-37)54-22-28(2)21-50/h12-17,28,41-43,50-51H,11,18-27H2,1-10H3. The van der Waals surface area contributed by atoms with Gasteiger partial charge in [-0.2, -0.15) is 0 Å². The van der Waals surface area contributed by atoms with E-state index >= 15 is 0 Å². The summed E-state index contributed by atoms with van der Waals surface area (Å²) in [5.74, 6) is 3.67. The molecule has 0 amide bonds. The van der Waals surface area contributed by atoms with E-state index in [1.807, 2.05) is 13.8 Å². The Balaban J connectivity index is 1.41. The summed E-state index contributed by atoms with van der Waals surface area (Å²) in [4.78, 5) is 0. The molecule has 4 unspecified atom stereocenters. The molecule has 2 fully saturated rings. The molecular formula is C49H64O8. The van der Waals surface area contributed by atoms with E-state index in [4.69, 9.17) is 28.4 Å². The molecule has 0 spiro atoms. The zero-order chi connectivity index (χ0) is 41.0. The normalized spacial score (nSPS) is 17.0. The van der Waals surface area contributed by atoms with Crippen molar-refractivity contribution < 1.29 is 38.6 Å². The molecule has 8 nitrogen and oxygen atoms in total. The zero-order valence-electron chi connectivity index (χ0n) is 35.9. The van der Waals surface area contributed by atoms with Crippen molar-refractivity contribution in [2.24, 2.45) is 5.92 Å². The first kappa shape index (κ1) is 42.5. The van der Waals surface area contributed by atoms with Gasteiger partial charge >= 0.3 is 0 Å². The van der Waals surface area contributed by atoms with E-state index in [1.54, 1.807) is 0 Å². The third kappa shape index (κ3) is 10.7. The van der Waals surface area contributed by atoms with Crippen molar-refractivity contribution in [1.29, 1.82) is 0 Å². The van der Waals surface area contributed by atoms with E-state index in [2.05, 4.69) is 91.8 Å². The van der Waals surface area contributed by atoms with Gasteiger partial charge in [-0.15, -0.1) is 0 Å². The Bertz CT molecular complexity index is 2000. The minimum atomic E-state index is -0.528. The van der Waals surface area contributed by atoms with Crippen molar-refractivity contribution in [3.05, 3.63) is 114 Å². The summed E-state index contributed by atoms with van der Waals surface area (Å²) >= 11 is 0. The number of aliphatic hydroxyl groups excluding tert-OH is 2. The molecule has 2 saturated heterocycles. The van der Waals surface area contributed by atoms with Gasteiger partial charge in [-0.3, -0.25) is 0 Å². The quantitative estimate of drug-likeness (QED) is 0.0861. The lowest BCUT2D eigenvalue weighted by molar-refractivity contribution is 0.103. The molecule has 0 aromatic heterocycles. The number of ether oxygens (including phenoxy) is 6. The summed E-state index contributed by atoms with van der Waals surface area (Å²) < 4.78 is 36.2. The average Bonchev–Trinajstić information content (AvgIpc) is 4.10. The van der Waals surface area contributed by atoms with Crippen LogP contribution in [0.5, 0.6) is 23.0 Å². The molecule has 4 atom stereocenters. The third-order valence-electron chi connectivity index (χ3n) is 11.4. The second kappa shape index (κ2) is 18.7. The van der Waals surface area contributed by atoms with Crippen LogP contribution in [-0.4, -0.2) is 74.8 Å². The van der Waals surface area contributed by atoms with E-state index in [9.17, 15) is 10.2 Å². The van der Waals surface area contributed by atoms with Crippen LogP contribution in [0.4, 0.5) is 0 Å². The second-order valence-corrected chi connectivity index (χ2v) is 16.7. The number of rotatable bonds is 20. The smallest absolute Gasteiger partial charge is 0.125 e. The Hall–Kier alpha value is -4.08. The average molecular weight is 781 g/mol. The number of benzene rings is 4. The van der Waals surface area contributed by atoms with Crippen LogP contribution in [0.1, 0.15) is 98.2 Å². The predicted octanol–water partition coefficient (Wildman–Crippen LogP) is 8.64. The second-order valence-electron chi connectivity index (χ2n) is 16.7. The molecule has 2 aliphatic heterocycles. The van der Waals surface area contributed by atoms with Crippen LogP contribution in [0, 0.1) is 61.3 Å². The van der Waals surface area contributed by atoms with Crippen LogP contribution in [0.25, 0.3) is 0 Å². The summed E-state index contributed by atoms with van der Waals surface area (Å²) in [6.07, 6.45) is 2.65. The van der Waals surface area contributed by atoms with Crippen LogP contribution in [0.3, 0.4) is 0 Å². The van der Waals surface area contributed by atoms with Crippen LogP contribution < -0.4 is 18.9 Å². The van der Waals surface area contributed by atoms with E-state index in [-0.39, 0.29) is 31.3 Å². The molecule has 2 N–H and O–H groups in total. The Labute approximate surface area is 340 Å². The number of epoxide rings is 2. The number of aryl methyl sites for hydroxylation is 6. The van der Waals surface area contributed by atoms with Gasteiger partial charge in [-0.05, 0) is 159 Å². The summed E-state index contributed by atoms with van der Waals surface area (Å²) in [6, 6.07) is 13.6. The van der Waals surface area contributed by atoms with Gasteiger partial charge in [0.2, 0.25) is 0 Å². The molecular weight excluding hydrogens is 717 g/mol. The molecule has 0 radical (unpaired) electrons. The lowest BCUT2D eigenvalue weighted by Crippen LogP contribution is -2.17. The molecule has 57 heavy (non-hydrogen) atoms. The van der Waals surface area contributed by atoms with E-state index in [0.29, 0.717) is 32.7 Å². The summed E-state index contributed by atoms with van der Waals surface area (Å²) in [6.45, 7) is 24.5. The first-order valence-electron chi connectivity index (χ1n) is 20.7. The van der Waals surface area contributed by atoms with Crippen LogP contribution in [-0.2, 0) is 28.7 Å². The number of hydrogen-bond acceptors (Lipinski definition) is 8. The first-order chi connectivity index (χ1) is 27.3. The molecule has 4 aromatic rings. The minimum Gasteiger partial charge on any atom is -0.493 e. The maximum atomic E-state index is 10.5. The summed E-state index contributed by atoms with van der Waals surface area (Å²) in [5, 5.41) is 20.0. The van der Waals surface area contributed by atoms with Crippen molar-refractivity contribution in [3.63, 3.8) is 0 Å². The molecule has 0 saturated carbocycles. The number of hydrogen-bond donors (Lipinski definition) is 2. The van der Waals surface area contributed by atoms with Crippen LogP contribution >= 0.6 is 0 Å². The molecule has 6 rings (SSSR count). The molecule has 308 valence electrons. The highest BCUT2D eigenvalue weighted by Crippen LogP contribution is 2.38. The topological polar surface area (TPSA) is 102 Å². The number of aliphatic hydroxyl groups is 2. The van der Waals surface area contributed by atoms with Gasteiger partial charge in [0.1, 0.15) is 55.0 Å². The maximum Gasteiger partial charge on any atom is 0.125 e. The van der Waals surface area contributed by atoms with E-state index in [0.717, 1.165) is 93.6 Å². The largest absolute Gasteiger partial charge is 0.493 e. The first-order valence-corrected chi connectivity index (χ1v) is 20.7. The lowest BCUT2D eigenvalue weighted by Gasteiger charge is -2.24. The fourth-order valence-electron chi connectivity index (χ4n) is 8.04. The highest BCUT2D eigenvalue weighted by Gasteiger charge is 2.27. The molecule has 2 heterocycles. The van der Waals surface area contributed by atoms with Gasteiger partial charge < -0.3 is 38.6 Å². The van der Waals surface area contributed by atoms with Gasteiger partial charge in [0.05, 0.1) is 25.9 Å².